The van der Waals surface area contributed by atoms with Crippen molar-refractivity contribution < 1.29 is 17.9 Å². The normalized spacial score (nSPS) is 12.1. The Hall–Kier alpha value is -3.43. The van der Waals surface area contributed by atoms with Crippen molar-refractivity contribution in [3.63, 3.8) is 0 Å². The number of amides is 1. The molecule has 0 aliphatic rings. The van der Waals surface area contributed by atoms with Gasteiger partial charge >= 0.3 is 0 Å². The monoisotopic (exact) mass is 509 g/mol. The van der Waals surface area contributed by atoms with Crippen LogP contribution in [0.5, 0.6) is 5.75 Å². The Kier molecular flexibility index (Phi) is 7.37. The molecule has 0 aliphatic heterocycles. The van der Waals surface area contributed by atoms with Gasteiger partial charge in [0.2, 0.25) is 0 Å². The number of rotatable bonds is 8. The van der Waals surface area contributed by atoms with Crippen molar-refractivity contribution in [1.82, 2.24) is 4.57 Å². The second-order valence-corrected chi connectivity index (χ2v) is 10.7. The summed E-state index contributed by atoms with van der Waals surface area (Å²) in [4.78, 5) is 18.3. The van der Waals surface area contributed by atoms with Crippen LogP contribution in [-0.2, 0) is 16.6 Å². The summed E-state index contributed by atoms with van der Waals surface area (Å²) < 4.78 is 37.0. The van der Waals surface area contributed by atoms with E-state index in [1.54, 1.807) is 36.4 Å². The molecule has 0 spiro atoms. The first kappa shape index (κ1) is 24.7. The number of para-hydroxylation sites is 1. The van der Waals surface area contributed by atoms with Crippen LogP contribution in [0.25, 0.3) is 10.2 Å². The average Bonchev–Trinajstić information content (AvgIpc) is 3.16. The van der Waals surface area contributed by atoms with Gasteiger partial charge in [0.15, 0.2) is 4.80 Å². The van der Waals surface area contributed by atoms with Crippen molar-refractivity contribution in [1.29, 1.82) is 0 Å². The molecule has 3 aromatic carbocycles. The number of nitrogens with zero attached hydrogens (tertiary/aromatic N) is 2. The van der Waals surface area contributed by atoms with Gasteiger partial charge in [-0.25, -0.2) is 8.42 Å². The fourth-order valence-electron chi connectivity index (χ4n) is 3.66. The zero-order chi connectivity index (χ0) is 25.0. The Balaban J connectivity index is 1.73. The van der Waals surface area contributed by atoms with Gasteiger partial charge in [-0.05, 0) is 62.7 Å². The van der Waals surface area contributed by atoms with E-state index in [-0.39, 0.29) is 16.1 Å². The number of nitrogens with one attached hydrogen (secondary N) is 1. The number of benzene rings is 3. The molecule has 0 bridgehead atoms. The van der Waals surface area contributed by atoms with E-state index in [0.717, 1.165) is 28.0 Å². The summed E-state index contributed by atoms with van der Waals surface area (Å²) in [5.74, 6) is 0.243. The molecule has 7 nitrogen and oxygen atoms in total. The van der Waals surface area contributed by atoms with Crippen LogP contribution in [-0.4, -0.2) is 25.5 Å². The Morgan fingerprint density at radius 1 is 1.06 bits per heavy atom. The number of ether oxygens (including phenoxy) is 1. The lowest BCUT2D eigenvalue weighted by atomic mass is 10.2. The standard InChI is InChI=1S/C26H27N3O4S2/c1-4-16-29-23-15-12-19(33-5-2)17-24(23)34-26(29)27-25(30)21-8-6-7-9-22(21)28-35(31,32)20-13-10-18(3)11-14-20/h6-15,17,28H,4-5,16H2,1-3H3. The molecule has 9 heteroatoms. The maximum atomic E-state index is 13.3. The maximum Gasteiger partial charge on any atom is 0.281 e. The number of fused-ring (bicyclic) bond motifs is 1. The van der Waals surface area contributed by atoms with Crippen molar-refractivity contribution in [2.45, 2.75) is 38.6 Å². The molecule has 0 atom stereocenters. The van der Waals surface area contributed by atoms with E-state index < -0.39 is 15.9 Å². The highest BCUT2D eigenvalue weighted by atomic mass is 32.2. The largest absolute Gasteiger partial charge is 0.494 e. The van der Waals surface area contributed by atoms with Gasteiger partial charge < -0.3 is 9.30 Å². The minimum atomic E-state index is -3.87. The Morgan fingerprint density at radius 2 is 1.80 bits per heavy atom. The Morgan fingerprint density at radius 3 is 2.51 bits per heavy atom. The molecule has 1 heterocycles. The Labute approximate surface area is 208 Å². The van der Waals surface area contributed by atoms with Crippen LogP contribution in [0.2, 0.25) is 0 Å². The number of anilines is 1. The van der Waals surface area contributed by atoms with Gasteiger partial charge in [0, 0.05) is 6.54 Å². The number of thiazole rings is 1. The van der Waals surface area contributed by atoms with Crippen LogP contribution in [0.4, 0.5) is 5.69 Å². The second-order valence-electron chi connectivity index (χ2n) is 7.98. The molecule has 1 aromatic heterocycles. The molecule has 182 valence electrons. The second kappa shape index (κ2) is 10.5. The van der Waals surface area contributed by atoms with Gasteiger partial charge in [0.05, 0.1) is 33.0 Å². The fourth-order valence-corrected chi connectivity index (χ4v) is 5.82. The highest BCUT2D eigenvalue weighted by Crippen LogP contribution is 2.25. The summed E-state index contributed by atoms with van der Waals surface area (Å²) in [5, 5.41) is 0. The summed E-state index contributed by atoms with van der Waals surface area (Å²) in [7, 11) is -3.87. The average molecular weight is 510 g/mol. The molecular weight excluding hydrogens is 482 g/mol. The lowest BCUT2D eigenvalue weighted by molar-refractivity contribution is 0.0998. The lowest BCUT2D eigenvalue weighted by Crippen LogP contribution is -2.18. The molecule has 35 heavy (non-hydrogen) atoms. The van der Waals surface area contributed by atoms with E-state index in [4.69, 9.17) is 4.74 Å². The molecule has 0 radical (unpaired) electrons. The van der Waals surface area contributed by atoms with E-state index in [1.807, 2.05) is 36.6 Å². The number of aryl methyl sites for hydroxylation is 2. The molecule has 0 aliphatic carbocycles. The molecule has 1 N–H and O–H groups in total. The zero-order valence-corrected chi connectivity index (χ0v) is 21.4. The molecule has 1 amide bonds. The van der Waals surface area contributed by atoms with E-state index >= 15 is 0 Å². The van der Waals surface area contributed by atoms with Gasteiger partial charge in [0.25, 0.3) is 15.9 Å². The third kappa shape index (κ3) is 5.47. The van der Waals surface area contributed by atoms with Gasteiger partial charge in [-0.2, -0.15) is 4.99 Å². The first-order valence-electron chi connectivity index (χ1n) is 11.4. The van der Waals surface area contributed by atoms with Crippen molar-refractivity contribution in [3.05, 3.63) is 82.7 Å². The lowest BCUT2D eigenvalue weighted by Gasteiger charge is -2.11. The van der Waals surface area contributed by atoms with Crippen LogP contribution >= 0.6 is 11.3 Å². The molecule has 4 aromatic rings. The summed E-state index contributed by atoms with van der Waals surface area (Å²) in [5.41, 5.74) is 2.29. The first-order valence-corrected chi connectivity index (χ1v) is 13.7. The number of hydrogen-bond donors (Lipinski definition) is 1. The van der Waals surface area contributed by atoms with Crippen molar-refractivity contribution in [3.8, 4) is 5.75 Å². The third-order valence-corrected chi connectivity index (χ3v) is 7.77. The van der Waals surface area contributed by atoms with E-state index in [1.165, 1.54) is 23.5 Å². The van der Waals surface area contributed by atoms with E-state index in [9.17, 15) is 13.2 Å². The van der Waals surface area contributed by atoms with Gasteiger partial charge in [-0.1, -0.05) is 48.1 Å². The van der Waals surface area contributed by atoms with Gasteiger partial charge in [-0.3, -0.25) is 9.52 Å². The maximum absolute atomic E-state index is 13.3. The fraction of sp³-hybridized carbons (Fsp3) is 0.231. The predicted molar refractivity (Wildman–Crippen MR) is 140 cm³/mol. The highest BCUT2D eigenvalue weighted by molar-refractivity contribution is 7.92. The van der Waals surface area contributed by atoms with Gasteiger partial charge in [0.1, 0.15) is 5.75 Å². The van der Waals surface area contributed by atoms with Crippen molar-refractivity contribution in [2.75, 3.05) is 11.3 Å². The summed E-state index contributed by atoms with van der Waals surface area (Å²) in [6.07, 6.45) is 0.868. The zero-order valence-electron chi connectivity index (χ0n) is 19.8. The Bertz CT molecular complexity index is 1540. The van der Waals surface area contributed by atoms with E-state index in [0.29, 0.717) is 18.0 Å². The van der Waals surface area contributed by atoms with Crippen molar-refractivity contribution in [2.24, 2.45) is 4.99 Å². The molecule has 0 saturated carbocycles. The molecule has 0 saturated heterocycles. The van der Waals surface area contributed by atoms with E-state index in [2.05, 4.69) is 16.6 Å². The third-order valence-electron chi connectivity index (χ3n) is 5.34. The van der Waals surface area contributed by atoms with Crippen LogP contribution in [0.15, 0.2) is 76.6 Å². The quantitative estimate of drug-likeness (QED) is 0.346. The minimum absolute atomic E-state index is 0.123. The van der Waals surface area contributed by atoms with Crippen LogP contribution in [0, 0.1) is 6.92 Å². The number of carbonyl (C=O) groups is 1. The highest BCUT2D eigenvalue weighted by Gasteiger charge is 2.19. The topological polar surface area (TPSA) is 89.8 Å². The van der Waals surface area contributed by atoms with Crippen LogP contribution in [0.3, 0.4) is 0 Å². The predicted octanol–water partition coefficient (Wildman–Crippen LogP) is 5.36. The molecule has 4 rings (SSSR count). The number of aromatic nitrogens is 1. The van der Waals surface area contributed by atoms with Crippen LogP contribution in [0.1, 0.15) is 36.2 Å². The van der Waals surface area contributed by atoms with Crippen LogP contribution < -0.4 is 14.3 Å². The number of sulfonamides is 1. The summed E-state index contributed by atoms with van der Waals surface area (Å²) in [6, 6.07) is 18.9. The molecular formula is C26H27N3O4S2. The van der Waals surface area contributed by atoms with Gasteiger partial charge in [-0.15, -0.1) is 0 Å². The molecule has 0 fully saturated rings. The first-order chi connectivity index (χ1) is 16.8. The molecule has 0 unspecified atom stereocenters. The minimum Gasteiger partial charge on any atom is -0.494 e. The SMILES string of the molecule is CCCn1c(=NC(=O)c2ccccc2NS(=O)(=O)c2ccc(C)cc2)sc2cc(OCC)ccc21. The summed E-state index contributed by atoms with van der Waals surface area (Å²) >= 11 is 1.40. The smallest absolute Gasteiger partial charge is 0.281 e. The van der Waals surface area contributed by atoms with Crippen molar-refractivity contribution >= 4 is 43.2 Å². The number of hydrogen-bond acceptors (Lipinski definition) is 5. The number of carbonyl (C=O) groups excluding carboxylic acids is 1. The summed E-state index contributed by atoms with van der Waals surface area (Å²) in [6.45, 7) is 7.14.